The maximum absolute atomic E-state index is 13.9. The Hall–Kier alpha value is -3.55. The number of carbonyl (C=O) groups is 3. The molecule has 0 unspecified atom stereocenters. The first-order valence-corrected chi connectivity index (χ1v) is 10.2. The highest BCUT2D eigenvalue weighted by atomic mass is 19.1. The van der Waals surface area contributed by atoms with Crippen molar-refractivity contribution in [1.29, 1.82) is 0 Å². The molecule has 0 bridgehead atoms. The third-order valence-electron chi connectivity index (χ3n) is 5.20. The van der Waals surface area contributed by atoms with E-state index in [4.69, 9.17) is 4.74 Å². The lowest BCUT2D eigenvalue weighted by Gasteiger charge is -2.23. The van der Waals surface area contributed by atoms with Crippen molar-refractivity contribution in [2.75, 3.05) is 0 Å². The summed E-state index contributed by atoms with van der Waals surface area (Å²) in [6.07, 6.45) is -1.14. The highest BCUT2D eigenvalue weighted by molar-refractivity contribution is 6.11. The van der Waals surface area contributed by atoms with Gasteiger partial charge in [0.05, 0.1) is 0 Å². The Morgan fingerprint density at radius 1 is 0.938 bits per heavy atom. The maximum Gasteiger partial charge on any atom is 0.329 e. The third-order valence-corrected chi connectivity index (χ3v) is 5.20. The number of aromatic nitrogens is 1. The number of halogens is 2. The van der Waals surface area contributed by atoms with Gasteiger partial charge in [0.1, 0.15) is 23.2 Å². The van der Waals surface area contributed by atoms with Crippen LogP contribution in [0.25, 0.3) is 10.9 Å². The Morgan fingerprint density at radius 3 is 2.19 bits per heavy atom. The average Bonchev–Trinajstić information content (AvgIpc) is 3.06. The number of nitrogens with one attached hydrogen (secondary N) is 2. The standard InChI is InChI=1S/C24H24F2N2O4/c1-12(2)21(28-23(30)20-16(25)9-7-10-17(20)26)24(31)32-14(4)22(29)19-13(3)27-18-11-6-5-8-15(18)19/h5-12,14,21,27H,1-4H3,(H,28,30)/t14-,21-/m0/s1. The van der Waals surface area contributed by atoms with Gasteiger partial charge in [-0.2, -0.15) is 0 Å². The molecule has 0 radical (unpaired) electrons. The zero-order valence-electron chi connectivity index (χ0n) is 18.2. The number of hydrogen-bond donors (Lipinski definition) is 2. The van der Waals surface area contributed by atoms with E-state index < -0.39 is 52.9 Å². The smallest absolute Gasteiger partial charge is 0.329 e. The predicted molar refractivity (Wildman–Crippen MR) is 115 cm³/mol. The zero-order chi connectivity index (χ0) is 23.6. The quantitative estimate of drug-likeness (QED) is 0.421. The number of aromatic amines is 1. The van der Waals surface area contributed by atoms with Crippen LogP contribution in [-0.4, -0.2) is 34.8 Å². The molecule has 32 heavy (non-hydrogen) atoms. The Kier molecular flexibility index (Phi) is 6.72. The number of H-pyrrole nitrogens is 1. The lowest BCUT2D eigenvalue weighted by atomic mass is 10.0. The summed E-state index contributed by atoms with van der Waals surface area (Å²) in [6.45, 7) is 6.47. The summed E-state index contributed by atoms with van der Waals surface area (Å²) in [6, 6.07) is 9.09. The van der Waals surface area contributed by atoms with Crippen molar-refractivity contribution in [3.8, 4) is 0 Å². The van der Waals surface area contributed by atoms with Gasteiger partial charge in [0.2, 0.25) is 5.78 Å². The number of fused-ring (bicyclic) bond motifs is 1. The number of rotatable bonds is 7. The molecule has 6 nitrogen and oxygen atoms in total. The highest BCUT2D eigenvalue weighted by Crippen LogP contribution is 2.24. The number of hydrogen-bond acceptors (Lipinski definition) is 4. The van der Waals surface area contributed by atoms with E-state index >= 15 is 0 Å². The fourth-order valence-electron chi connectivity index (χ4n) is 3.52. The molecule has 3 rings (SSSR count). The number of para-hydroxylation sites is 1. The van der Waals surface area contributed by atoms with Crippen LogP contribution in [-0.2, 0) is 9.53 Å². The third kappa shape index (κ3) is 4.54. The fraction of sp³-hybridized carbons (Fsp3) is 0.292. The average molecular weight is 442 g/mol. The van der Waals surface area contributed by atoms with Crippen molar-refractivity contribution in [1.82, 2.24) is 10.3 Å². The largest absolute Gasteiger partial charge is 0.453 e. The molecule has 0 aliphatic rings. The normalized spacial score (nSPS) is 13.1. The van der Waals surface area contributed by atoms with Crippen molar-refractivity contribution in [2.24, 2.45) is 5.92 Å². The number of carbonyl (C=O) groups excluding carboxylic acids is 3. The van der Waals surface area contributed by atoms with E-state index in [0.29, 0.717) is 16.6 Å². The Bertz CT molecular complexity index is 1170. The van der Waals surface area contributed by atoms with Crippen LogP contribution in [0.5, 0.6) is 0 Å². The van der Waals surface area contributed by atoms with Gasteiger partial charge in [-0.25, -0.2) is 13.6 Å². The van der Waals surface area contributed by atoms with E-state index in [1.54, 1.807) is 32.9 Å². The van der Waals surface area contributed by atoms with Crippen LogP contribution >= 0.6 is 0 Å². The molecule has 0 aliphatic carbocycles. The number of amides is 1. The van der Waals surface area contributed by atoms with Gasteiger partial charge in [0.15, 0.2) is 6.10 Å². The summed E-state index contributed by atoms with van der Waals surface area (Å²) in [5, 5.41) is 3.03. The minimum atomic E-state index is -1.21. The van der Waals surface area contributed by atoms with E-state index in [1.807, 2.05) is 12.1 Å². The number of ketones is 1. The minimum absolute atomic E-state index is 0.401. The number of benzene rings is 2. The van der Waals surface area contributed by atoms with Crippen LogP contribution in [0.3, 0.4) is 0 Å². The Morgan fingerprint density at radius 2 is 1.56 bits per heavy atom. The van der Waals surface area contributed by atoms with Crippen LogP contribution in [0.1, 0.15) is 47.2 Å². The summed E-state index contributed by atoms with van der Waals surface area (Å²) in [4.78, 5) is 41.3. The molecule has 0 fully saturated rings. The van der Waals surface area contributed by atoms with Crippen molar-refractivity contribution < 1.29 is 27.9 Å². The van der Waals surface area contributed by atoms with Gasteiger partial charge in [0, 0.05) is 22.2 Å². The van der Waals surface area contributed by atoms with E-state index in [2.05, 4.69) is 10.3 Å². The molecule has 0 saturated carbocycles. The van der Waals surface area contributed by atoms with Gasteiger partial charge in [-0.15, -0.1) is 0 Å². The van der Waals surface area contributed by atoms with Crippen LogP contribution < -0.4 is 5.32 Å². The van der Waals surface area contributed by atoms with Gasteiger partial charge in [0.25, 0.3) is 5.91 Å². The molecule has 2 atom stereocenters. The maximum atomic E-state index is 13.9. The molecule has 2 aromatic carbocycles. The first kappa shape index (κ1) is 23.1. The van der Waals surface area contributed by atoms with Crippen LogP contribution in [0, 0.1) is 24.5 Å². The lowest BCUT2D eigenvalue weighted by molar-refractivity contribution is -0.149. The van der Waals surface area contributed by atoms with Gasteiger partial charge in [-0.1, -0.05) is 38.1 Å². The molecule has 1 aromatic heterocycles. The van der Waals surface area contributed by atoms with Crippen molar-refractivity contribution in [3.63, 3.8) is 0 Å². The summed E-state index contributed by atoms with van der Waals surface area (Å²) in [5.41, 5.74) is 1.05. The van der Waals surface area contributed by atoms with E-state index in [1.165, 1.54) is 6.92 Å². The lowest BCUT2D eigenvalue weighted by Crippen LogP contribution is -2.47. The SMILES string of the molecule is Cc1[nH]c2ccccc2c1C(=O)[C@H](C)OC(=O)[C@@H](NC(=O)c1c(F)cccc1F)C(C)C. The summed E-state index contributed by atoms with van der Waals surface area (Å²) < 4.78 is 33.2. The molecule has 2 N–H and O–H groups in total. The highest BCUT2D eigenvalue weighted by Gasteiger charge is 2.32. The first-order valence-electron chi connectivity index (χ1n) is 10.2. The minimum Gasteiger partial charge on any atom is -0.453 e. The van der Waals surface area contributed by atoms with E-state index in [-0.39, 0.29) is 0 Å². The van der Waals surface area contributed by atoms with Crippen LogP contribution in [0.15, 0.2) is 42.5 Å². The molecule has 1 heterocycles. The number of esters is 1. The monoisotopic (exact) mass is 442 g/mol. The van der Waals surface area contributed by atoms with Gasteiger partial charge < -0.3 is 15.0 Å². The summed E-state index contributed by atoms with van der Waals surface area (Å²) in [7, 11) is 0. The predicted octanol–water partition coefficient (Wildman–Crippen LogP) is 4.32. The number of ether oxygens (including phenoxy) is 1. The molecule has 1 amide bonds. The molecule has 0 saturated heterocycles. The fourth-order valence-corrected chi connectivity index (χ4v) is 3.52. The van der Waals surface area contributed by atoms with Gasteiger partial charge in [-0.05, 0) is 38.0 Å². The van der Waals surface area contributed by atoms with E-state index in [0.717, 1.165) is 23.7 Å². The van der Waals surface area contributed by atoms with Gasteiger partial charge in [-0.3, -0.25) is 9.59 Å². The zero-order valence-corrected chi connectivity index (χ0v) is 18.2. The molecule has 0 aliphatic heterocycles. The first-order chi connectivity index (χ1) is 15.1. The van der Waals surface area contributed by atoms with Crippen molar-refractivity contribution in [2.45, 2.75) is 39.8 Å². The second-order valence-corrected chi connectivity index (χ2v) is 7.91. The molecular weight excluding hydrogens is 418 g/mol. The van der Waals surface area contributed by atoms with Crippen LogP contribution in [0.4, 0.5) is 8.78 Å². The molecular formula is C24H24F2N2O4. The van der Waals surface area contributed by atoms with E-state index in [9.17, 15) is 23.2 Å². The number of Topliss-reactive ketones (excluding diaryl/α,β-unsaturated/α-hetero) is 1. The topological polar surface area (TPSA) is 88.3 Å². The second kappa shape index (κ2) is 9.30. The molecule has 168 valence electrons. The Balaban J connectivity index is 1.77. The summed E-state index contributed by atoms with van der Waals surface area (Å²) >= 11 is 0. The van der Waals surface area contributed by atoms with Crippen molar-refractivity contribution in [3.05, 3.63) is 70.9 Å². The second-order valence-electron chi connectivity index (χ2n) is 7.91. The number of aryl methyl sites for hydroxylation is 1. The molecule has 8 heteroatoms. The Labute approximate surface area is 184 Å². The summed E-state index contributed by atoms with van der Waals surface area (Å²) in [5.74, 6) is -4.90. The van der Waals surface area contributed by atoms with Crippen LogP contribution in [0.2, 0.25) is 0 Å². The molecule has 0 spiro atoms. The molecule has 3 aromatic rings. The van der Waals surface area contributed by atoms with Crippen molar-refractivity contribution >= 4 is 28.6 Å². The van der Waals surface area contributed by atoms with Gasteiger partial charge >= 0.3 is 5.97 Å².